The molecule has 1 aromatic heterocycles. The Morgan fingerprint density at radius 3 is 2.66 bits per heavy atom. The van der Waals surface area contributed by atoms with Crippen molar-refractivity contribution in [3.8, 4) is 5.75 Å². The predicted octanol–water partition coefficient (Wildman–Crippen LogP) is 2.82. The number of aryl methyl sites for hydroxylation is 1. The van der Waals surface area contributed by atoms with Crippen molar-refractivity contribution in [1.82, 2.24) is 25.3 Å². The third kappa shape index (κ3) is 6.60. The predicted molar refractivity (Wildman–Crippen MR) is 128 cm³/mol. The van der Waals surface area contributed by atoms with Crippen LogP contribution in [0.1, 0.15) is 30.0 Å². The Hall–Kier alpha value is -1.81. The van der Waals surface area contributed by atoms with Crippen molar-refractivity contribution in [2.75, 3.05) is 40.3 Å². The number of para-hydroxylation sites is 1. The van der Waals surface area contributed by atoms with Gasteiger partial charge < -0.3 is 15.4 Å². The summed E-state index contributed by atoms with van der Waals surface area (Å²) in [5, 5.41) is 11.2. The standard InChI is InChI=1S/C21H32N6O.HI/c1-17-14-25-27(16-17)13-10-23-21(22-2)24-15-19(26-11-6-7-12-26)18-8-4-5-9-20(18)28-3;/h4-5,8-9,14,16,19H,6-7,10-13,15H2,1-3H3,(H2,22,23,24);1H. The zero-order chi connectivity index (χ0) is 19.8. The monoisotopic (exact) mass is 512 g/mol. The highest BCUT2D eigenvalue weighted by molar-refractivity contribution is 14.0. The molecule has 1 aliphatic heterocycles. The second-order valence-corrected chi connectivity index (χ2v) is 7.16. The van der Waals surface area contributed by atoms with Crippen LogP contribution in [-0.2, 0) is 6.54 Å². The van der Waals surface area contributed by atoms with E-state index in [1.165, 1.54) is 24.0 Å². The number of methoxy groups -OCH3 is 1. The molecule has 3 rings (SSSR count). The average molecular weight is 512 g/mol. The highest BCUT2D eigenvalue weighted by Gasteiger charge is 2.25. The van der Waals surface area contributed by atoms with E-state index in [0.29, 0.717) is 0 Å². The smallest absolute Gasteiger partial charge is 0.191 e. The molecule has 1 saturated heterocycles. The largest absolute Gasteiger partial charge is 0.496 e. The second-order valence-electron chi connectivity index (χ2n) is 7.16. The van der Waals surface area contributed by atoms with Gasteiger partial charge in [0.2, 0.25) is 0 Å². The maximum Gasteiger partial charge on any atom is 0.191 e. The van der Waals surface area contributed by atoms with Gasteiger partial charge in [-0.2, -0.15) is 5.10 Å². The molecule has 8 heteroatoms. The van der Waals surface area contributed by atoms with Gasteiger partial charge in [0.15, 0.2) is 5.96 Å². The first-order chi connectivity index (χ1) is 13.7. The number of rotatable bonds is 8. The molecule has 29 heavy (non-hydrogen) atoms. The summed E-state index contributed by atoms with van der Waals surface area (Å²) in [7, 11) is 3.55. The Labute approximate surface area is 190 Å². The fraction of sp³-hybridized carbons (Fsp3) is 0.524. The number of hydrogen-bond donors (Lipinski definition) is 2. The minimum Gasteiger partial charge on any atom is -0.496 e. The van der Waals surface area contributed by atoms with Crippen LogP contribution in [-0.4, -0.2) is 61.0 Å². The van der Waals surface area contributed by atoms with Crippen molar-refractivity contribution in [3.63, 3.8) is 0 Å². The second kappa shape index (κ2) is 12.0. The van der Waals surface area contributed by atoms with Crippen LogP contribution in [0.3, 0.4) is 0 Å². The lowest BCUT2D eigenvalue weighted by Crippen LogP contribution is -2.43. The third-order valence-corrected chi connectivity index (χ3v) is 5.16. The summed E-state index contributed by atoms with van der Waals surface area (Å²) >= 11 is 0. The number of halogens is 1. The summed E-state index contributed by atoms with van der Waals surface area (Å²) in [6.45, 7) is 6.64. The first-order valence-electron chi connectivity index (χ1n) is 10.0. The number of likely N-dealkylation sites (tertiary alicyclic amines) is 1. The number of aromatic nitrogens is 2. The molecule has 1 aliphatic rings. The Bertz CT molecular complexity index is 772. The van der Waals surface area contributed by atoms with Crippen LogP contribution >= 0.6 is 24.0 Å². The van der Waals surface area contributed by atoms with Crippen molar-refractivity contribution < 1.29 is 4.74 Å². The molecule has 0 saturated carbocycles. The molecule has 2 heterocycles. The number of nitrogens with zero attached hydrogens (tertiary/aromatic N) is 4. The van der Waals surface area contributed by atoms with Crippen molar-refractivity contribution in [2.24, 2.45) is 4.99 Å². The molecule has 1 atom stereocenters. The van der Waals surface area contributed by atoms with Gasteiger partial charge in [0.1, 0.15) is 5.75 Å². The SMILES string of the molecule is CN=C(NCCn1cc(C)cn1)NCC(c1ccccc1OC)N1CCCC1.I. The van der Waals surface area contributed by atoms with Crippen molar-refractivity contribution in [1.29, 1.82) is 0 Å². The highest BCUT2D eigenvalue weighted by Crippen LogP contribution is 2.31. The van der Waals surface area contributed by atoms with Crippen LogP contribution in [0.4, 0.5) is 0 Å². The van der Waals surface area contributed by atoms with Crippen LogP contribution in [0.5, 0.6) is 5.75 Å². The van der Waals surface area contributed by atoms with E-state index >= 15 is 0 Å². The van der Waals surface area contributed by atoms with Gasteiger partial charge in [-0.15, -0.1) is 24.0 Å². The van der Waals surface area contributed by atoms with Crippen molar-refractivity contribution in [2.45, 2.75) is 32.4 Å². The van der Waals surface area contributed by atoms with Gasteiger partial charge in [0.05, 0.1) is 25.9 Å². The van der Waals surface area contributed by atoms with Gasteiger partial charge in [0.25, 0.3) is 0 Å². The number of nitrogens with one attached hydrogen (secondary N) is 2. The summed E-state index contributed by atoms with van der Waals surface area (Å²) < 4.78 is 7.57. The molecular weight excluding hydrogens is 479 g/mol. The molecule has 1 fully saturated rings. The quantitative estimate of drug-likeness (QED) is 0.324. The topological polar surface area (TPSA) is 66.7 Å². The zero-order valence-corrected chi connectivity index (χ0v) is 19.9. The van der Waals surface area contributed by atoms with E-state index in [4.69, 9.17) is 4.74 Å². The van der Waals surface area contributed by atoms with Gasteiger partial charge in [-0.05, 0) is 44.5 Å². The van der Waals surface area contributed by atoms with Gasteiger partial charge in [-0.3, -0.25) is 14.6 Å². The average Bonchev–Trinajstić information content (AvgIpc) is 3.39. The van der Waals surface area contributed by atoms with Crippen molar-refractivity contribution >= 4 is 29.9 Å². The molecule has 0 spiro atoms. The molecule has 0 radical (unpaired) electrons. The van der Waals surface area contributed by atoms with Crippen LogP contribution in [0, 0.1) is 6.92 Å². The first kappa shape index (κ1) is 23.5. The molecule has 0 aliphatic carbocycles. The Kier molecular flexibility index (Phi) is 9.72. The summed E-state index contributed by atoms with van der Waals surface area (Å²) in [5.41, 5.74) is 2.40. The summed E-state index contributed by atoms with van der Waals surface area (Å²) in [6, 6.07) is 8.57. The number of hydrogen-bond acceptors (Lipinski definition) is 4. The number of benzene rings is 1. The van der Waals surface area contributed by atoms with Gasteiger partial charge >= 0.3 is 0 Å². The van der Waals surface area contributed by atoms with Gasteiger partial charge in [-0.1, -0.05) is 18.2 Å². The minimum atomic E-state index is 0. The normalized spacial score (nSPS) is 15.6. The number of ether oxygens (including phenoxy) is 1. The first-order valence-corrected chi connectivity index (χ1v) is 10.0. The number of aliphatic imine (C=N–C) groups is 1. The van der Waals surface area contributed by atoms with Crippen LogP contribution in [0.15, 0.2) is 41.7 Å². The molecular formula is C21H33IN6O. The zero-order valence-electron chi connectivity index (χ0n) is 17.6. The molecule has 1 aromatic carbocycles. The van der Waals surface area contributed by atoms with E-state index in [-0.39, 0.29) is 30.0 Å². The summed E-state index contributed by atoms with van der Waals surface area (Å²) in [4.78, 5) is 6.91. The fourth-order valence-corrected chi connectivity index (χ4v) is 3.72. The molecule has 7 nitrogen and oxygen atoms in total. The summed E-state index contributed by atoms with van der Waals surface area (Å²) in [5.74, 6) is 1.75. The highest BCUT2D eigenvalue weighted by atomic mass is 127. The lowest BCUT2D eigenvalue weighted by Gasteiger charge is -2.30. The van der Waals surface area contributed by atoms with E-state index in [0.717, 1.165) is 44.4 Å². The van der Waals surface area contributed by atoms with E-state index in [9.17, 15) is 0 Å². The van der Waals surface area contributed by atoms with Crippen LogP contribution in [0.25, 0.3) is 0 Å². The van der Waals surface area contributed by atoms with Crippen LogP contribution in [0.2, 0.25) is 0 Å². The molecule has 0 bridgehead atoms. The fourth-order valence-electron chi connectivity index (χ4n) is 3.72. The minimum absolute atomic E-state index is 0. The molecule has 2 N–H and O–H groups in total. The Balaban J connectivity index is 0.00000300. The van der Waals surface area contributed by atoms with E-state index < -0.39 is 0 Å². The molecule has 2 aromatic rings. The Morgan fingerprint density at radius 2 is 2.00 bits per heavy atom. The van der Waals surface area contributed by atoms with Crippen molar-refractivity contribution in [3.05, 3.63) is 47.8 Å². The van der Waals surface area contributed by atoms with Crippen LogP contribution < -0.4 is 15.4 Å². The third-order valence-electron chi connectivity index (χ3n) is 5.16. The van der Waals surface area contributed by atoms with Gasteiger partial charge in [-0.25, -0.2) is 0 Å². The maximum atomic E-state index is 5.62. The maximum absolute atomic E-state index is 5.62. The molecule has 1 unspecified atom stereocenters. The van der Waals surface area contributed by atoms with E-state index in [2.05, 4.69) is 37.8 Å². The van der Waals surface area contributed by atoms with E-state index in [1.54, 1.807) is 14.2 Å². The van der Waals surface area contributed by atoms with E-state index in [1.807, 2.05) is 36.1 Å². The summed E-state index contributed by atoms with van der Waals surface area (Å²) in [6.07, 6.45) is 6.42. The molecule has 160 valence electrons. The number of guanidine groups is 1. The molecule has 0 amide bonds. The lowest BCUT2D eigenvalue weighted by molar-refractivity contribution is 0.239. The lowest BCUT2D eigenvalue weighted by atomic mass is 10.0. The Morgan fingerprint density at radius 1 is 1.24 bits per heavy atom. The van der Waals surface area contributed by atoms with Gasteiger partial charge in [0, 0.05) is 31.9 Å².